The molecule has 1 atom stereocenters. The molecule has 0 amide bonds. The van der Waals surface area contributed by atoms with E-state index in [1.165, 1.54) is 38.5 Å². The maximum Gasteiger partial charge on any atom is 0.222 e. The van der Waals surface area contributed by atoms with Gasteiger partial charge in [-0.3, -0.25) is 9.55 Å². The summed E-state index contributed by atoms with van der Waals surface area (Å²) in [6.07, 6.45) is 11.7. The molecule has 2 fully saturated rings. The number of hydrogen-bond donors (Lipinski definition) is 2. The molecule has 0 bridgehead atoms. The smallest absolute Gasteiger partial charge is 0.222 e. The third-order valence-electron chi connectivity index (χ3n) is 3.97. The minimum Gasteiger partial charge on any atom is -0.358 e. The fraction of sp³-hybridized carbons (Fsp3) is 0.923. The second-order valence-electron chi connectivity index (χ2n) is 5.45. The molecule has 2 aliphatic carbocycles. The van der Waals surface area contributed by atoms with Crippen LogP contribution in [0.3, 0.4) is 0 Å². The monoisotopic (exact) mass is 272 g/mol. The lowest BCUT2D eigenvalue weighted by atomic mass is 9.95. The molecule has 0 radical (unpaired) electrons. The van der Waals surface area contributed by atoms with E-state index in [4.69, 9.17) is 0 Å². The number of rotatable bonds is 2. The first-order valence-electron chi connectivity index (χ1n) is 7.21. The summed E-state index contributed by atoms with van der Waals surface area (Å²) in [5.41, 5.74) is 0. The highest BCUT2D eigenvalue weighted by Crippen LogP contribution is 2.21. The molecule has 18 heavy (non-hydrogen) atoms. The molecule has 0 spiro atoms. The molecule has 5 heteroatoms. The van der Waals surface area contributed by atoms with Crippen molar-refractivity contribution in [1.29, 1.82) is 0 Å². The summed E-state index contributed by atoms with van der Waals surface area (Å²) in [4.78, 5) is 4.48. The van der Waals surface area contributed by atoms with Gasteiger partial charge in [0.25, 0.3) is 0 Å². The lowest BCUT2D eigenvalue weighted by Gasteiger charge is -2.25. The van der Waals surface area contributed by atoms with Gasteiger partial charge in [0.1, 0.15) is 0 Å². The first-order chi connectivity index (χ1) is 8.75. The molecule has 0 aromatic carbocycles. The summed E-state index contributed by atoms with van der Waals surface area (Å²) in [7, 11) is 0. The van der Waals surface area contributed by atoms with E-state index in [2.05, 4.69) is 10.3 Å². The van der Waals surface area contributed by atoms with Gasteiger partial charge >= 0.3 is 0 Å². The van der Waals surface area contributed by atoms with Gasteiger partial charge in [-0.25, -0.2) is 4.21 Å². The Balaban J connectivity index is 1.93. The van der Waals surface area contributed by atoms with Crippen molar-refractivity contribution in [3.63, 3.8) is 0 Å². The van der Waals surface area contributed by atoms with Gasteiger partial charge in [0.2, 0.25) is 16.2 Å². The van der Waals surface area contributed by atoms with Crippen molar-refractivity contribution in [3.05, 3.63) is 0 Å². The van der Waals surface area contributed by atoms with Gasteiger partial charge in [0.05, 0.1) is 6.04 Å². The minimum atomic E-state index is -1.97. The Morgan fingerprint density at radius 2 is 1.56 bits per heavy atom. The maximum absolute atomic E-state index is 11.4. The fourth-order valence-corrected chi connectivity index (χ4v) is 3.44. The molecule has 2 rings (SSSR count). The van der Waals surface area contributed by atoms with Crippen LogP contribution in [-0.2, 0) is 11.1 Å². The van der Waals surface area contributed by atoms with Crippen molar-refractivity contribution in [3.8, 4) is 0 Å². The molecule has 4 nitrogen and oxygen atoms in total. The van der Waals surface area contributed by atoms with Crippen LogP contribution in [-0.4, -0.2) is 26.0 Å². The average molecular weight is 272 g/mol. The van der Waals surface area contributed by atoms with E-state index in [9.17, 15) is 8.76 Å². The Labute approximate surface area is 112 Å². The van der Waals surface area contributed by atoms with E-state index in [1.54, 1.807) is 0 Å². The Morgan fingerprint density at radius 1 is 1.00 bits per heavy atom. The van der Waals surface area contributed by atoms with Crippen LogP contribution >= 0.6 is 0 Å². The van der Waals surface area contributed by atoms with E-state index >= 15 is 0 Å². The summed E-state index contributed by atoms with van der Waals surface area (Å²) in [6, 6.07) is 0.595. The van der Waals surface area contributed by atoms with E-state index in [-0.39, 0.29) is 6.04 Å². The van der Waals surface area contributed by atoms with Crippen LogP contribution < -0.4 is 5.32 Å². The molecule has 0 aromatic rings. The van der Waals surface area contributed by atoms with Crippen LogP contribution in [0.1, 0.15) is 64.2 Å². The van der Waals surface area contributed by atoms with Crippen LogP contribution in [0.15, 0.2) is 4.99 Å². The number of aliphatic imine (C=N–C) groups is 1. The zero-order chi connectivity index (χ0) is 12.8. The molecule has 2 saturated carbocycles. The Hall–Kier alpha value is -0.420. The molecule has 104 valence electrons. The normalized spacial score (nSPS) is 25.9. The fourth-order valence-electron chi connectivity index (χ4n) is 2.93. The lowest BCUT2D eigenvalue weighted by Crippen LogP contribution is -2.39. The molecular formula is C13H24N2O2S. The zero-order valence-electron chi connectivity index (χ0n) is 10.9. The molecule has 0 aromatic heterocycles. The van der Waals surface area contributed by atoms with Gasteiger partial charge in [0.15, 0.2) is 0 Å². The first-order valence-corrected chi connectivity index (χ1v) is 8.31. The first kappa shape index (κ1) is 14.0. The van der Waals surface area contributed by atoms with Crippen molar-refractivity contribution in [2.75, 3.05) is 0 Å². The molecule has 0 aliphatic heterocycles. The van der Waals surface area contributed by atoms with E-state index in [0.717, 1.165) is 25.7 Å². The van der Waals surface area contributed by atoms with Crippen LogP contribution in [0.2, 0.25) is 0 Å². The maximum atomic E-state index is 11.4. The predicted molar refractivity (Wildman–Crippen MR) is 75.1 cm³/mol. The third kappa shape index (κ3) is 4.35. The van der Waals surface area contributed by atoms with Gasteiger partial charge in [0, 0.05) is 6.04 Å². The van der Waals surface area contributed by atoms with Crippen molar-refractivity contribution >= 4 is 16.2 Å². The highest BCUT2D eigenvalue weighted by Gasteiger charge is 2.19. The molecule has 2 N–H and O–H groups in total. The molecule has 0 heterocycles. The Morgan fingerprint density at radius 3 is 2.11 bits per heavy atom. The van der Waals surface area contributed by atoms with Crippen molar-refractivity contribution in [1.82, 2.24) is 5.32 Å². The zero-order valence-corrected chi connectivity index (χ0v) is 11.8. The Bertz CT molecular complexity index is 308. The number of nitrogens with one attached hydrogen (secondary N) is 1. The van der Waals surface area contributed by atoms with E-state index < -0.39 is 11.1 Å². The van der Waals surface area contributed by atoms with Crippen LogP contribution in [0, 0.1) is 0 Å². The summed E-state index contributed by atoms with van der Waals surface area (Å²) in [5, 5.41) is 3.52. The molecule has 0 saturated heterocycles. The number of hydrogen-bond acceptors (Lipinski definition) is 2. The van der Waals surface area contributed by atoms with Crippen LogP contribution in [0.25, 0.3) is 0 Å². The average Bonchev–Trinajstić information content (AvgIpc) is 2.40. The van der Waals surface area contributed by atoms with E-state index in [1.807, 2.05) is 0 Å². The third-order valence-corrected chi connectivity index (χ3v) is 4.53. The highest BCUT2D eigenvalue weighted by atomic mass is 32.2. The van der Waals surface area contributed by atoms with Crippen LogP contribution in [0.4, 0.5) is 0 Å². The van der Waals surface area contributed by atoms with Gasteiger partial charge < -0.3 is 5.32 Å². The van der Waals surface area contributed by atoms with Crippen molar-refractivity contribution < 1.29 is 8.76 Å². The summed E-state index contributed by atoms with van der Waals surface area (Å²) in [5.74, 6) is 0. The second-order valence-corrected chi connectivity index (χ2v) is 6.34. The molecule has 1 unspecified atom stereocenters. The van der Waals surface area contributed by atoms with Gasteiger partial charge in [-0.15, -0.1) is 0 Å². The predicted octanol–water partition coefficient (Wildman–Crippen LogP) is 2.82. The number of nitrogens with zero attached hydrogens (tertiary/aromatic N) is 1. The number of amidine groups is 1. The SMILES string of the molecule is O=S(O)C(=NC1CCCCC1)NC1CCCCC1. The van der Waals surface area contributed by atoms with Crippen molar-refractivity contribution in [2.24, 2.45) is 4.99 Å². The summed E-state index contributed by atoms with van der Waals surface area (Å²) >= 11 is -1.97. The van der Waals surface area contributed by atoms with Crippen molar-refractivity contribution in [2.45, 2.75) is 76.3 Å². The van der Waals surface area contributed by atoms with Crippen LogP contribution in [0.5, 0.6) is 0 Å². The lowest BCUT2D eigenvalue weighted by molar-refractivity contribution is 0.409. The largest absolute Gasteiger partial charge is 0.358 e. The summed E-state index contributed by atoms with van der Waals surface area (Å²) in [6.45, 7) is 0. The van der Waals surface area contributed by atoms with Gasteiger partial charge in [-0.2, -0.15) is 0 Å². The highest BCUT2D eigenvalue weighted by molar-refractivity contribution is 7.95. The van der Waals surface area contributed by atoms with Gasteiger partial charge in [-0.05, 0) is 25.7 Å². The Kier molecular flexibility index (Phi) is 5.63. The standard InChI is InChI=1S/C13H24N2O2S/c16-18(17)13(14-11-7-3-1-4-8-11)15-12-9-5-2-6-10-12/h11-12H,1-10H2,(H,14,15)(H,16,17). The quantitative estimate of drug-likeness (QED) is 0.461. The topological polar surface area (TPSA) is 61.7 Å². The van der Waals surface area contributed by atoms with Gasteiger partial charge in [-0.1, -0.05) is 38.5 Å². The van der Waals surface area contributed by atoms with E-state index in [0.29, 0.717) is 11.2 Å². The summed E-state index contributed by atoms with van der Waals surface area (Å²) < 4.78 is 20.7. The molecular weight excluding hydrogens is 248 g/mol. The molecule has 2 aliphatic rings. The second kappa shape index (κ2) is 7.24. The minimum absolute atomic E-state index is 0.251.